The summed E-state index contributed by atoms with van der Waals surface area (Å²) in [6.45, 7) is 6.82. The maximum absolute atomic E-state index is 12.0. The van der Waals surface area contributed by atoms with E-state index in [4.69, 9.17) is 9.47 Å². The van der Waals surface area contributed by atoms with Gasteiger partial charge in [0.2, 0.25) is 0 Å². The number of rotatable bonds is 8. The van der Waals surface area contributed by atoms with Gasteiger partial charge < -0.3 is 14.6 Å². The fourth-order valence-corrected chi connectivity index (χ4v) is 2.16. The minimum atomic E-state index is -1.20. The Kier molecular flexibility index (Phi) is 7.42. The van der Waals surface area contributed by atoms with Crippen LogP contribution in [-0.2, 0) is 20.7 Å². The summed E-state index contributed by atoms with van der Waals surface area (Å²) in [4.78, 5) is 23.5. The first-order chi connectivity index (χ1) is 11.1. The molecule has 1 aromatic carbocycles. The van der Waals surface area contributed by atoms with Crippen LogP contribution in [0.4, 0.5) is 4.79 Å². The Labute approximate surface area is 144 Å². The molecule has 0 amide bonds. The number of aryl methyl sites for hydroxylation is 1. The van der Waals surface area contributed by atoms with Crippen LogP contribution in [0, 0.1) is 0 Å². The predicted octanol–water partition coefficient (Wildman–Crippen LogP) is 3.67. The van der Waals surface area contributed by atoms with Crippen LogP contribution in [-0.4, -0.2) is 34.9 Å². The maximum atomic E-state index is 12.0. The molecule has 0 radical (unpaired) electrons. The summed E-state index contributed by atoms with van der Waals surface area (Å²) < 4.78 is 9.94. The second-order valence-electron chi connectivity index (χ2n) is 7.26. The molecule has 5 heteroatoms. The van der Waals surface area contributed by atoms with Crippen molar-refractivity contribution in [1.29, 1.82) is 0 Å². The highest BCUT2D eigenvalue weighted by molar-refractivity contribution is 5.79. The highest BCUT2D eigenvalue weighted by Gasteiger charge is 2.25. The van der Waals surface area contributed by atoms with Gasteiger partial charge >= 0.3 is 6.16 Å². The van der Waals surface area contributed by atoms with E-state index in [-0.39, 0.29) is 25.2 Å². The number of aliphatic hydroxyl groups is 1. The van der Waals surface area contributed by atoms with E-state index in [0.717, 1.165) is 5.56 Å². The molecule has 0 bridgehead atoms. The van der Waals surface area contributed by atoms with Crippen LogP contribution < -0.4 is 0 Å². The van der Waals surface area contributed by atoms with Crippen molar-refractivity contribution in [1.82, 2.24) is 0 Å². The third-order valence-electron chi connectivity index (χ3n) is 3.36. The second-order valence-corrected chi connectivity index (χ2v) is 7.26. The van der Waals surface area contributed by atoms with Crippen molar-refractivity contribution in [2.45, 2.75) is 64.6 Å². The van der Waals surface area contributed by atoms with Crippen molar-refractivity contribution in [3.63, 3.8) is 0 Å². The summed E-state index contributed by atoms with van der Waals surface area (Å²) in [5.74, 6) is -0.0129. The van der Waals surface area contributed by atoms with Gasteiger partial charge in [-0.2, -0.15) is 0 Å². The maximum Gasteiger partial charge on any atom is 0.508 e. The Hall–Kier alpha value is -1.88. The van der Waals surface area contributed by atoms with Crippen molar-refractivity contribution >= 4 is 11.9 Å². The highest BCUT2D eigenvalue weighted by atomic mass is 16.7. The lowest BCUT2D eigenvalue weighted by molar-refractivity contribution is -0.123. The first-order valence-corrected chi connectivity index (χ1v) is 8.21. The van der Waals surface area contributed by atoms with Gasteiger partial charge in [-0.1, -0.05) is 30.3 Å². The Morgan fingerprint density at radius 2 is 1.71 bits per heavy atom. The van der Waals surface area contributed by atoms with Gasteiger partial charge in [0, 0.05) is 19.3 Å². The quantitative estimate of drug-likeness (QED) is 0.733. The molecule has 0 aromatic heterocycles. The molecule has 1 rings (SSSR count). The third kappa shape index (κ3) is 9.30. The Balaban J connectivity index is 2.29. The van der Waals surface area contributed by atoms with Gasteiger partial charge in [0.1, 0.15) is 11.4 Å². The second kappa shape index (κ2) is 8.83. The van der Waals surface area contributed by atoms with E-state index >= 15 is 0 Å². The summed E-state index contributed by atoms with van der Waals surface area (Å²) in [5.41, 5.74) is -0.721. The smallest absolute Gasteiger partial charge is 0.434 e. The number of hydrogen-bond acceptors (Lipinski definition) is 5. The molecule has 0 aliphatic heterocycles. The van der Waals surface area contributed by atoms with Gasteiger partial charge in [-0.15, -0.1) is 0 Å². The Bertz CT molecular complexity index is 528. The van der Waals surface area contributed by atoms with Crippen molar-refractivity contribution in [2.75, 3.05) is 6.61 Å². The van der Waals surface area contributed by atoms with E-state index in [9.17, 15) is 14.7 Å². The minimum absolute atomic E-state index is 0.00782. The number of carbonyl (C=O) groups is 2. The number of hydrogen-bond donors (Lipinski definition) is 1. The summed E-state index contributed by atoms with van der Waals surface area (Å²) >= 11 is 0. The topological polar surface area (TPSA) is 72.8 Å². The number of carbonyl (C=O) groups excluding carboxylic acids is 2. The van der Waals surface area contributed by atoms with Crippen LogP contribution in [0.1, 0.15) is 52.5 Å². The van der Waals surface area contributed by atoms with E-state index < -0.39 is 17.4 Å². The van der Waals surface area contributed by atoms with Crippen LogP contribution in [0.25, 0.3) is 0 Å². The van der Waals surface area contributed by atoms with Gasteiger partial charge in [-0.25, -0.2) is 4.79 Å². The first kappa shape index (κ1) is 20.2. The number of benzene rings is 1. The van der Waals surface area contributed by atoms with E-state index in [1.54, 1.807) is 27.7 Å². The van der Waals surface area contributed by atoms with Crippen molar-refractivity contribution in [3.05, 3.63) is 35.9 Å². The molecule has 1 atom stereocenters. The standard InChI is InChI=1S/C19H28O5/c1-18(2,3)24-17(21)23-13-12-19(4,22)14-16(20)11-10-15-8-6-5-7-9-15/h5-9,22H,10-14H2,1-4H3. The molecule has 0 saturated carbocycles. The normalized spacial score (nSPS) is 13.9. The molecule has 134 valence electrons. The molecular weight excluding hydrogens is 308 g/mol. The van der Waals surface area contributed by atoms with Crippen LogP contribution in [0.15, 0.2) is 30.3 Å². The largest absolute Gasteiger partial charge is 0.508 e. The average molecular weight is 336 g/mol. The van der Waals surface area contributed by atoms with Crippen molar-refractivity contribution in [3.8, 4) is 0 Å². The lowest BCUT2D eigenvalue weighted by Crippen LogP contribution is -2.31. The summed E-state index contributed by atoms with van der Waals surface area (Å²) in [5, 5.41) is 10.3. The van der Waals surface area contributed by atoms with Crippen molar-refractivity contribution < 1.29 is 24.2 Å². The summed E-state index contributed by atoms with van der Waals surface area (Å²) in [7, 11) is 0. The molecule has 0 aliphatic rings. The predicted molar refractivity (Wildman–Crippen MR) is 91.8 cm³/mol. The minimum Gasteiger partial charge on any atom is -0.434 e. The van der Waals surface area contributed by atoms with E-state index in [1.165, 1.54) is 0 Å². The van der Waals surface area contributed by atoms with Crippen LogP contribution >= 0.6 is 0 Å². The Morgan fingerprint density at radius 3 is 2.29 bits per heavy atom. The van der Waals surface area contributed by atoms with Gasteiger partial charge in [0.25, 0.3) is 0 Å². The number of ether oxygens (including phenoxy) is 2. The fourth-order valence-electron chi connectivity index (χ4n) is 2.16. The van der Waals surface area contributed by atoms with E-state index in [1.807, 2.05) is 30.3 Å². The number of ketones is 1. The molecule has 0 saturated heterocycles. The van der Waals surface area contributed by atoms with Crippen LogP contribution in [0.5, 0.6) is 0 Å². The Morgan fingerprint density at radius 1 is 1.08 bits per heavy atom. The molecular formula is C19H28O5. The highest BCUT2D eigenvalue weighted by Crippen LogP contribution is 2.17. The van der Waals surface area contributed by atoms with Gasteiger partial charge in [0.05, 0.1) is 12.2 Å². The van der Waals surface area contributed by atoms with Crippen LogP contribution in [0.2, 0.25) is 0 Å². The van der Waals surface area contributed by atoms with E-state index in [0.29, 0.717) is 12.8 Å². The van der Waals surface area contributed by atoms with Gasteiger partial charge in [0.15, 0.2) is 0 Å². The third-order valence-corrected chi connectivity index (χ3v) is 3.36. The zero-order chi connectivity index (χ0) is 18.2. The molecule has 1 N–H and O–H groups in total. The zero-order valence-electron chi connectivity index (χ0n) is 15.0. The number of Topliss-reactive ketones (excluding diaryl/α,β-unsaturated/α-hetero) is 1. The lowest BCUT2D eigenvalue weighted by atomic mass is 9.93. The SMILES string of the molecule is CC(O)(CCOC(=O)OC(C)(C)C)CC(=O)CCc1ccccc1. The monoisotopic (exact) mass is 336 g/mol. The molecule has 1 aromatic rings. The van der Waals surface area contributed by atoms with Gasteiger partial charge in [-0.05, 0) is 39.7 Å². The molecule has 24 heavy (non-hydrogen) atoms. The summed E-state index contributed by atoms with van der Waals surface area (Å²) in [6, 6.07) is 9.74. The summed E-state index contributed by atoms with van der Waals surface area (Å²) in [6.07, 6.45) is 0.492. The molecule has 0 fully saturated rings. The van der Waals surface area contributed by atoms with Crippen molar-refractivity contribution in [2.24, 2.45) is 0 Å². The van der Waals surface area contributed by atoms with Gasteiger partial charge in [-0.3, -0.25) is 4.79 Å². The molecule has 0 aliphatic carbocycles. The molecule has 0 heterocycles. The molecule has 5 nitrogen and oxygen atoms in total. The average Bonchev–Trinajstić information content (AvgIpc) is 2.43. The molecule has 1 unspecified atom stereocenters. The molecule has 0 spiro atoms. The fraction of sp³-hybridized carbons (Fsp3) is 0.579. The van der Waals surface area contributed by atoms with E-state index in [2.05, 4.69) is 0 Å². The van der Waals surface area contributed by atoms with Crippen LogP contribution in [0.3, 0.4) is 0 Å². The zero-order valence-corrected chi connectivity index (χ0v) is 15.0. The lowest BCUT2D eigenvalue weighted by Gasteiger charge is -2.23. The first-order valence-electron chi connectivity index (χ1n) is 8.21.